The van der Waals surface area contributed by atoms with Crippen LogP contribution >= 0.6 is 0 Å². The summed E-state index contributed by atoms with van der Waals surface area (Å²) in [6, 6.07) is 3.87. The summed E-state index contributed by atoms with van der Waals surface area (Å²) in [6.45, 7) is 1.94. The van der Waals surface area contributed by atoms with Crippen molar-refractivity contribution in [3.8, 4) is 0 Å². The number of amides is 1. The van der Waals surface area contributed by atoms with Crippen LogP contribution in [-0.4, -0.2) is 38.4 Å². The SMILES string of the molecule is Nc1cc(C(=O)NCC2COCCO2)ccc1F. The molecule has 5 nitrogen and oxygen atoms in total. The van der Waals surface area contributed by atoms with Gasteiger partial charge in [0.15, 0.2) is 0 Å². The van der Waals surface area contributed by atoms with Gasteiger partial charge in [-0.3, -0.25) is 4.79 Å². The number of benzene rings is 1. The molecule has 0 bridgehead atoms. The van der Waals surface area contributed by atoms with Gasteiger partial charge in [0, 0.05) is 12.1 Å². The minimum atomic E-state index is -0.532. The van der Waals surface area contributed by atoms with Gasteiger partial charge in [0.2, 0.25) is 0 Å². The number of carbonyl (C=O) groups excluding carboxylic acids is 1. The van der Waals surface area contributed by atoms with Gasteiger partial charge in [-0.15, -0.1) is 0 Å². The Balaban J connectivity index is 1.88. The maximum Gasteiger partial charge on any atom is 0.251 e. The molecular formula is C12H15FN2O3. The third-order valence-electron chi connectivity index (χ3n) is 2.63. The Morgan fingerprint density at radius 2 is 2.33 bits per heavy atom. The van der Waals surface area contributed by atoms with E-state index in [4.69, 9.17) is 15.2 Å². The van der Waals surface area contributed by atoms with Crippen LogP contribution in [0.2, 0.25) is 0 Å². The second-order valence-electron chi connectivity index (χ2n) is 4.01. The molecule has 18 heavy (non-hydrogen) atoms. The molecular weight excluding hydrogens is 239 g/mol. The van der Waals surface area contributed by atoms with Crippen molar-refractivity contribution in [3.63, 3.8) is 0 Å². The Labute approximate surface area is 104 Å². The van der Waals surface area contributed by atoms with Crippen molar-refractivity contribution in [2.24, 2.45) is 0 Å². The summed E-state index contributed by atoms with van der Waals surface area (Å²) in [5.74, 6) is -0.841. The van der Waals surface area contributed by atoms with Gasteiger partial charge >= 0.3 is 0 Å². The van der Waals surface area contributed by atoms with E-state index in [0.29, 0.717) is 31.9 Å². The Morgan fingerprint density at radius 1 is 1.50 bits per heavy atom. The highest BCUT2D eigenvalue weighted by Crippen LogP contribution is 2.12. The number of nitrogens with two attached hydrogens (primary N) is 1. The van der Waals surface area contributed by atoms with Crippen LogP contribution in [0.25, 0.3) is 0 Å². The number of hydrogen-bond donors (Lipinski definition) is 2. The molecule has 0 saturated carbocycles. The molecule has 0 aromatic heterocycles. The first kappa shape index (κ1) is 12.8. The Hall–Kier alpha value is -1.66. The van der Waals surface area contributed by atoms with E-state index in [9.17, 15) is 9.18 Å². The van der Waals surface area contributed by atoms with Crippen LogP contribution in [0.4, 0.5) is 10.1 Å². The molecule has 1 saturated heterocycles. The predicted molar refractivity (Wildman–Crippen MR) is 63.7 cm³/mol. The summed E-state index contributed by atoms with van der Waals surface area (Å²) in [6.07, 6.45) is -0.138. The van der Waals surface area contributed by atoms with Gasteiger partial charge in [0.25, 0.3) is 5.91 Å². The fourth-order valence-electron chi connectivity index (χ4n) is 1.65. The molecule has 98 valence electrons. The summed E-state index contributed by atoms with van der Waals surface area (Å²) < 4.78 is 23.5. The van der Waals surface area contributed by atoms with Gasteiger partial charge in [-0.05, 0) is 18.2 Å². The number of nitrogen functional groups attached to an aromatic ring is 1. The van der Waals surface area contributed by atoms with Gasteiger partial charge < -0.3 is 20.5 Å². The van der Waals surface area contributed by atoms with Crippen LogP contribution in [0, 0.1) is 5.82 Å². The molecule has 0 radical (unpaired) electrons. The van der Waals surface area contributed by atoms with Crippen molar-refractivity contribution in [1.29, 1.82) is 0 Å². The summed E-state index contributed by atoms with van der Waals surface area (Å²) in [5, 5.41) is 2.69. The number of nitrogens with one attached hydrogen (secondary N) is 1. The number of ether oxygens (including phenoxy) is 2. The largest absolute Gasteiger partial charge is 0.396 e. The number of halogens is 1. The maximum atomic E-state index is 12.9. The standard InChI is InChI=1S/C12H15FN2O3/c13-10-2-1-8(5-11(10)14)12(16)15-6-9-7-17-3-4-18-9/h1-2,5,9H,3-4,6-7,14H2,(H,15,16). The monoisotopic (exact) mass is 254 g/mol. The summed E-state index contributed by atoms with van der Waals surface area (Å²) in [5.41, 5.74) is 5.68. The highest BCUT2D eigenvalue weighted by Gasteiger charge is 2.16. The summed E-state index contributed by atoms with van der Waals surface area (Å²) >= 11 is 0. The minimum absolute atomic E-state index is 0.0418. The van der Waals surface area contributed by atoms with Crippen LogP contribution in [0.15, 0.2) is 18.2 Å². The van der Waals surface area contributed by atoms with Crippen molar-refractivity contribution in [3.05, 3.63) is 29.6 Å². The van der Waals surface area contributed by atoms with E-state index in [2.05, 4.69) is 5.32 Å². The smallest absolute Gasteiger partial charge is 0.251 e. The predicted octanol–water partition coefficient (Wildman–Crippen LogP) is 0.553. The first-order chi connectivity index (χ1) is 8.66. The Morgan fingerprint density at radius 3 is 3.00 bits per heavy atom. The van der Waals surface area contributed by atoms with Gasteiger partial charge in [-0.25, -0.2) is 4.39 Å². The summed E-state index contributed by atoms with van der Waals surface area (Å²) in [7, 11) is 0. The molecule has 2 rings (SSSR count). The zero-order valence-electron chi connectivity index (χ0n) is 9.82. The number of hydrogen-bond acceptors (Lipinski definition) is 4. The summed E-state index contributed by atoms with van der Waals surface area (Å²) in [4.78, 5) is 11.8. The van der Waals surface area contributed by atoms with Crippen LogP contribution in [0.1, 0.15) is 10.4 Å². The molecule has 1 amide bonds. The first-order valence-corrected chi connectivity index (χ1v) is 5.69. The van der Waals surface area contributed by atoms with E-state index < -0.39 is 5.82 Å². The topological polar surface area (TPSA) is 73.6 Å². The van der Waals surface area contributed by atoms with E-state index in [0.717, 1.165) is 0 Å². The van der Waals surface area contributed by atoms with Crippen molar-refractivity contribution in [1.82, 2.24) is 5.32 Å². The highest BCUT2D eigenvalue weighted by atomic mass is 19.1. The average Bonchev–Trinajstić information content (AvgIpc) is 2.40. The van der Waals surface area contributed by atoms with E-state index in [1.165, 1.54) is 18.2 Å². The van der Waals surface area contributed by atoms with E-state index >= 15 is 0 Å². The Kier molecular flexibility index (Phi) is 4.11. The van der Waals surface area contributed by atoms with Gasteiger partial charge in [-0.1, -0.05) is 0 Å². The third-order valence-corrected chi connectivity index (χ3v) is 2.63. The molecule has 1 unspecified atom stereocenters. The van der Waals surface area contributed by atoms with E-state index in [1.54, 1.807) is 0 Å². The zero-order valence-corrected chi connectivity index (χ0v) is 9.82. The Bertz CT molecular complexity index is 433. The molecule has 1 aliphatic rings. The van der Waals surface area contributed by atoms with Crippen molar-refractivity contribution in [2.45, 2.75) is 6.10 Å². The molecule has 1 heterocycles. The number of carbonyl (C=O) groups is 1. The maximum absolute atomic E-state index is 12.9. The number of rotatable bonds is 3. The molecule has 1 atom stereocenters. The fraction of sp³-hybridized carbons (Fsp3) is 0.417. The minimum Gasteiger partial charge on any atom is -0.396 e. The molecule has 3 N–H and O–H groups in total. The quantitative estimate of drug-likeness (QED) is 0.773. The average molecular weight is 254 g/mol. The van der Waals surface area contributed by atoms with Crippen LogP contribution < -0.4 is 11.1 Å². The highest BCUT2D eigenvalue weighted by molar-refractivity contribution is 5.95. The lowest BCUT2D eigenvalue weighted by Gasteiger charge is -2.23. The second kappa shape index (κ2) is 5.79. The van der Waals surface area contributed by atoms with E-state index in [1.807, 2.05) is 0 Å². The number of anilines is 1. The van der Waals surface area contributed by atoms with Gasteiger partial charge in [0.05, 0.1) is 31.6 Å². The molecule has 6 heteroatoms. The molecule has 1 aromatic carbocycles. The fourth-order valence-corrected chi connectivity index (χ4v) is 1.65. The van der Waals surface area contributed by atoms with E-state index in [-0.39, 0.29) is 17.7 Å². The molecule has 0 aliphatic carbocycles. The lowest BCUT2D eigenvalue weighted by atomic mass is 10.2. The normalized spacial score (nSPS) is 19.5. The molecule has 1 aromatic rings. The molecule has 0 spiro atoms. The zero-order chi connectivity index (χ0) is 13.0. The van der Waals surface area contributed by atoms with Crippen LogP contribution in [-0.2, 0) is 9.47 Å². The second-order valence-corrected chi connectivity index (χ2v) is 4.01. The van der Waals surface area contributed by atoms with Crippen molar-refractivity contribution < 1.29 is 18.7 Å². The van der Waals surface area contributed by atoms with Crippen LogP contribution in [0.5, 0.6) is 0 Å². The molecule has 1 aliphatic heterocycles. The van der Waals surface area contributed by atoms with Crippen LogP contribution in [0.3, 0.4) is 0 Å². The lowest BCUT2D eigenvalue weighted by Crippen LogP contribution is -2.39. The lowest BCUT2D eigenvalue weighted by molar-refractivity contribution is -0.0855. The van der Waals surface area contributed by atoms with Crippen molar-refractivity contribution in [2.75, 3.05) is 32.1 Å². The molecule has 1 fully saturated rings. The van der Waals surface area contributed by atoms with Gasteiger partial charge in [-0.2, -0.15) is 0 Å². The van der Waals surface area contributed by atoms with Gasteiger partial charge in [0.1, 0.15) is 5.82 Å². The first-order valence-electron chi connectivity index (χ1n) is 5.69. The van der Waals surface area contributed by atoms with Crippen molar-refractivity contribution >= 4 is 11.6 Å². The third kappa shape index (κ3) is 3.18.